The molecule has 50 heavy (non-hydrogen) atoms. The van der Waals surface area contributed by atoms with Crippen LogP contribution in [0.25, 0.3) is 10.4 Å². The highest BCUT2D eigenvalue weighted by molar-refractivity contribution is 7.89. The molecule has 268 valence electrons. The van der Waals surface area contributed by atoms with Crippen molar-refractivity contribution in [1.29, 1.82) is 0 Å². The lowest BCUT2D eigenvalue weighted by molar-refractivity contribution is -0.00576. The van der Waals surface area contributed by atoms with Gasteiger partial charge in [-0.1, -0.05) is 30.2 Å². The number of likely N-dealkylation sites (N-methyl/N-ethyl adjacent to an activating group) is 1. The highest BCUT2D eigenvalue weighted by atomic mass is 32.2. The fourth-order valence-electron chi connectivity index (χ4n) is 5.57. The van der Waals surface area contributed by atoms with E-state index in [1.54, 1.807) is 54.3 Å². The van der Waals surface area contributed by atoms with Gasteiger partial charge < -0.3 is 25.0 Å². The predicted octanol–water partition coefficient (Wildman–Crippen LogP) is 6.90. The van der Waals surface area contributed by atoms with Crippen LogP contribution in [-0.4, -0.2) is 81.1 Å². The molecule has 0 unspecified atom stereocenters. The predicted molar refractivity (Wildman–Crippen MR) is 189 cm³/mol. The van der Waals surface area contributed by atoms with Crippen LogP contribution in [0.15, 0.2) is 82.8 Å². The number of para-hydroxylation sites is 1. The normalized spacial score (nSPS) is 19.7. The van der Waals surface area contributed by atoms with E-state index >= 15 is 0 Å². The number of benzene rings is 3. The number of fused-ring (bicyclic) bond motifs is 1. The summed E-state index contributed by atoms with van der Waals surface area (Å²) in [5.74, 6) is -1.05. The summed E-state index contributed by atoms with van der Waals surface area (Å²) < 4.78 is 54.1. The maximum Gasteiger partial charge on any atom is 0.323 e. The molecule has 13 nitrogen and oxygen atoms in total. The quantitative estimate of drug-likeness (QED) is 0.139. The molecule has 0 saturated carbocycles. The Bertz CT molecular complexity index is 1760. The van der Waals surface area contributed by atoms with Crippen molar-refractivity contribution in [2.75, 3.05) is 43.9 Å². The number of hydrogen-bond acceptors (Lipinski definition) is 7. The van der Waals surface area contributed by atoms with Crippen molar-refractivity contribution in [3.05, 3.63) is 94.6 Å². The van der Waals surface area contributed by atoms with Crippen molar-refractivity contribution in [2.45, 2.75) is 63.2 Å². The van der Waals surface area contributed by atoms with Crippen LogP contribution >= 0.6 is 0 Å². The van der Waals surface area contributed by atoms with Gasteiger partial charge in [-0.2, -0.15) is 4.31 Å². The minimum atomic E-state index is -3.98. The molecule has 15 heteroatoms. The third kappa shape index (κ3) is 10.4. The van der Waals surface area contributed by atoms with E-state index in [0.717, 1.165) is 18.6 Å². The number of hydrogen-bond donors (Lipinski definition) is 2. The van der Waals surface area contributed by atoms with Gasteiger partial charge in [0.1, 0.15) is 11.6 Å². The molecule has 1 aliphatic rings. The number of sulfonamides is 1. The zero-order valence-corrected chi connectivity index (χ0v) is 29.5. The SMILES string of the molecule is C[C@@H]1CN([C@@H](C)CN=[N+]=[N-])C(=O)c2cc(NC(=O)Nc3ccccc3)ccc2O[C@@H](C)CCCCO[C@H]1CN(C)S(=O)(=O)c1ccc(F)cc1. The van der Waals surface area contributed by atoms with Gasteiger partial charge in [0.25, 0.3) is 5.91 Å². The number of nitrogens with one attached hydrogen (secondary N) is 2. The molecule has 3 amide bonds. The van der Waals surface area contributed by atoms with Crippen LogP contribution in [-0.2, 0) is 14.8 Å². The van der Waals surface area contributed by atoms with Gasteiger partial charge in [0.15, 0.2) is 0 Å². The second-order valence-electron chi connectivity index (χ2n) is 12.4. The molecule has 0 saturated heterocycles. The van der Waals surface area contributed by atoms with Crippen LogP contribution in [0.1, 0.15) is 50.4 Å². The molecule has 0 radical (unpaired) electrons. The lowest BCUT2D eigenvalue weighted by Crippen LogP contribution is -2.47. The van der Waals surface area contributed by atoms with Gasteiger partial charge in [-0.05, 0) is 93.2 Å². The van der Waals surface area contributed by atoms with Gasteiger partial charge in [-0.3, -0.25) is 4.79 Å². The van der Waals surface area contributed by atoms with Gasteiger partial charge in [0, 0.05) is 61.5 Å². The average Bonchev–Trinajstić information content (AvgIpc) is 3.09. The van der Waals surface area contributed by atoms with Gasteiger partial charge in [-0.25, -0.2) is 17.6 Å². The Morgan fingerprint density at radius 1 is 1.08 bits per heavy atom. The lowest BCUT2D eigenvalue weighted by Gasteiger charge is -2.36. The molecule has 0 spiro atoms. The minimum Gasteiger partial charge on any atom is -0.490 e. The minimum absolute atomic E-state index is 0.0245. The summed E-state index contributed by atoms with van der Waals surface area (Å²) in [5, 5.41) is 9.25. The Morgan fingerprint density at radius 3 is 2.48 bits per heavy atom. The topological polar surface area (TPSA) is 166 Å². The Labute approximate surface area is 292 Å². The van der Waals surface area contributed by atoms with Crippen LogP contribution in [0.5, 0.6) is 5.75 Å². The number of carbonyl (C=O) groups is 2. The van der Waals surface area contributed by atoms with E-state index in [9.17, 15) is 22.4 Å². The highest BCUT2D eigenvalue weighted by Crippen LogP contribution is 2.29. The number of urea groups is 1. The molecule has 4 rings (SSSR count). The van der Waals surface area contributed by atoms with E-state index in [1.807, 2.05) is 19.9 Å². The largest absolute Gasteiger partial charge is 0.490 e. The van der Waals surface area contributed by atoms with E-state index < -0.39 is 45.8 Å². The first-order valence-corrected chi connectivity index (χ1v) is 17.9. The summed E-state index contributed by atoms with van der Waals surface area (Å²) in [6.45, 7) is 5.92. The number of halogens is 1. The molecule has 3 aromatic carbocycles. The van der Waals surface area contributed by atoms with Crippen molar-refractivity contribution in [3.63, 3.8) is 0 Å². The summed E-state index contributed by atoms with van der Waals surface area (Å²) in [7, 11) is -2.54. The third-order valence-electron chi connectivity index (χ3n) is 8.44. The van der Waals surface area contributed by atoms with Crippen LogP contribution in [0.4, 0.5) is 20.6 Å². The maximum absolute atomic E-state index is 14.5. The fourth-order valence-corrected chi connectivity index (χ4v) is 6.75. The van der Waals surface area contributed by atoms with Crippen molar-refractivity contribution in [1.82, 2.24) is 9.21 Å². The second kappa shape index (κ2) is 17.8. The van der Waals surface area contributed by atoms with Crippen molar-refractivity contribution in [3.8, 4) is 5.75 Å². The molecule has 0 bridgehead atoms. The molecule has 0 fully saturated rings. The molecule has 1 heterocycles. The lowest BCUT2D eigenvalue weighted by atomic mass is 10.0. The first-order chi connectivity index (χ1) is 23.9. The molecule has 4 atom stereocenters. The van der Waals surface area contributed by atoms with Crippen molar-refractivity contribution >= 4 is 33.3 Å². The molecular weight excluding hydrogens is 665 g/mol. The number of nitrogens with zero attached hydrogens (tertiary/aromatic N) is 5. The zero-order chi connectivity index (χ0) is 36.3. The molecule has 1 aliphatic heterocycles. The summed E-state index contributed by atoms with van der Waals surface area (Å²) >= 11 is 0. The molecule has 2 N–H and O–H groups in total. The first kappa shape index (κ1) is 38.1. The van der Waals surface area contributed by atoms with Crippen LogP contribution < -0.4 is 15.4 Å². The number of ether oxygens (including phenoxy) is 2. The van der Waals surface area contributed by atoms with Crippen molar-refractivity contribution < 1.29 is 31.9 Å². The van der Waals surface area contributed by atoms with Crippen LogP contribution in [0, 0.1) is 11.7 Å². The van der Waals surface area contributed by atoms with Gasteiger partial charge >= 0.3 is 6.03 Å². The number of anilines is 2. The standard InChI is InChI=1S/C35H44FN7O6S/c1-24-22-43(25(2)21-38-41-37)34(44)31-20-29(40-35(45)39-28-11-6-5-7-12-28)15-18-32(31)49-26(3)10-8-9-19-48-33(24)23-42(4)50(46,47)30-16-13-27(36)14-17-30/h5-7,11-18,20,24-26,33H,8-10,19,21-23H2,1-4H3,(H2,39,40,45)/t24-,25+,26+,33+/m1/s1. The molecule has 0 aromatic heterocycles. The van der Waals surface area contributed by atoms with E-state index in [1.165, 1.54) is 23.5 Å². The summed E-state index contributed by atoms with van der Waals surface area (Å²) in [4.78, 5) is 31.7. The number of amides is 3. The highest BCUT2D eigenvalue weighted by Gasteiger charge is 2.32. The Morgan fingerprint density at radius 2 is 1.78 bits per heavy atom. The number of rotatable bonds is 9. The molecule has 0 aliphatic carbocycles. The van der Waals surface area contributed by atoms with Crippen LogP contribution in [0.2, 0.25) is 0 Å². The first-order valence-electron chi connectivity index (χ1n) is 16.5. The summed E-state index contributed by atoms with van der Waals surface area (Å²) in [6, 6.07) is 17.3. The fraction of sp³-hybridized carbons (Fsp3) is 0.429. The molecule has 3 aromatic rings. The summed E-state index contributed by atoms with van der Waals surface area (Å²) in [6.07, 6.45) is 1.20. The smallest absolute Gasteiger partial charge is 0.323 e. The van der Waals surface area contributed by atoms with E-state index in [4.69, 9.17) is 15.0 Å². The zero-order valence-electron chi connectivity index (χ0n) is 28.7. The summed E-state index contributed by atoms with van der Waals surface area (Å²) in [5.41, 5.74) is 10.2. The Balaban J connectivity index is 1.66. The van der Waals surface area contributed by atoms with Crippen molar-refractivity contribution in [2.24, 2.45) is 11.0 Å². The van der Waals surface area contributed by atoms with Gasteiger partial charge in [0.2, 0.25) is 10.0 Å². The molecular formula is C35H44FN7O6S. The maximum atomic E-state index is 14.5. The number of carbonyl (C=O) groups excluding carboxylic acids is 2. The van der Waals surface area contributed by atoms with E-state index in [0.29, 0.717) is 36.6 Å². The van der Waals surface area contributed by atoms with E-state index in [-0.39, 0.29) is 36.2 Å². The monoisotopic (exact) mass is 709 g/mol. The van der Waals surface area contributed by atoms with Gasteiger partial charge in [-0.15, -0.1) is 0 Å². The second-order valence-corrected chi connectivity index (χ2v) is 14.5. The van der Waals surface area contributed by atoms with E-state index in [2.05, 4.69) is 20.7 Å². The average molecular weight is 710 g/mol. The Kier molecular flexibility index (Phi) is 13.6. The Hall–Kier alpha value is -4.69. The van der Waals surface area contributed by atoms with Crippen LogP contribution in [0.3, 0.4) is 0 Å². The van der Waals surface area contributed by atoms with Gasteiger partial charge in [0.05, 0.1) is 22.7 Å². The number of azide groups is 1. The third-order valence-corrected chi connectivity index (χ3v) is 10.3.